The lowest BCUT2D eigenvalue weighted by molar-refractivity contribution is -0.138. The van der Waals surface area contributed by atoms with Crippen LogP contribution in [0.1, 0.15) is 56.5 Å². The second-order valence-electron chi connectivity index (χ2n) is 11.2. The average molecular weight is 548 g/mol. The first-order chi connectivity index (χ1) is 18.2. The van der Waals surface area contributed by atoms with Gasteiger partial charge in [-0.3, -0.25) is 9.69 Å². The van der Waals surface area contributed by atoms with Crippen molar-refractivity contribution in [3.8, 4) is 5.75 Å². The Balaban J connectivity index is 1.59. The zero-order chi connectivity index (χ0) is 28.6. The van der Waals surface area contributed by atoms with Gasteiger partial charge in [0.05, 0.1) is 12.7 Å². The number of piperidine rings is 1. The summed E-state index contributed by atoms with van der Waals surface area (Å²) in [7, 11) is 3.44. The van der Waals surface area contributed by atoms with Gasteiger partial charge < -0.3 is 19.3 Å². The van der Waals surface area contributed by atoms with E-state index in [1.807, 2.05) is 36.2 Å². The van der Waals surface area contributed by atoms with Crippen LogP contribution in [0.15, 0.2) is 48.5 Å². The number of hydrogen-bond donors (Lipinski definition) is 0. The molecule has 2 aliphatic heterocycles. The predicted octanol–water partition coefficient (Wildman–Crippen LogP) is 5.50. The molecule has 2 aromatic carbocycles. The Kier molecular flexibility index (Phi) is 7.89. The number of carbonyl (C=O) groups excluding carboxylic acids is 2. The minimum Gasteiger partial charge on any atom is -0.497 e. The topological polar surface area (TPSA) is 62.3 Å². The molecule has 0 unspecified atom stereocenters. The van der Waals surface area contributed by atoms with Crippen molar-refractivity contribution in [2.24, 2.45) is 0 Å². The molecule has 0 radical (unpaired) electrons. The van der Waals surface area contributed by atoms with Gasteiger partial charge in [0, 0.05) is 19.6 Å². The maximum Gasteiger partial charge on any atom is 0.416 e. The number of likely N-dealkylation sites (tertiary alicyclic amines) is 1. The molecule has 2 aromatic rings. The summed E-state index contributed by atoms with van der Waals surface area (Å²) in [5.74, 6) is 0.654. The Morgan fingerprint density at radius 2 is 1.59 bits per heavy atom. The molecule has 2 aliphatic rings. The summed E-state index contributed by atoms with van der Waals surface area (Å²) in [5.41, 5.74) is -0.606. The number of nitrogens with zero attached hydrogens (tertiary/aromatic N) is 3. The molecule has 0 bridgehead atoms. The van der Waals surface area contributed by atoms with Crippen LogP contribution in [0.2, 0.25) is 0 Å². The van der Waals surface area contributed by atoms with Crippen molar-refractivity contribution in [3.05, 3.63) is 65.2 Å². The molecule has 0 N–H and O–H groups in total. The van der Waals surface area contributed by atoms with Crippen LogP contribution in [0, 0.1) is 0 Å². The van der Waals surface area contributed by atoms with Gasteiger partial charge in [-0.25, -0.2) is 4.79 Å². The Morgan fingerprint density at radius 1 is 1.00 bits per heavy atom. The Labute approximate surface area is 227 Å². The van der Waals surface area contributed by atoms with Gasteiger partial charge in [0.15, 0.2) is 0 Å². The lowest BCUT2D eigenvalue weighted by atomic mass is 9.86. The van der Waals surface area contributed by atoms with Gasteiger partial charge in [-0.1, -0.05) is 24.3 Å². The highest BCUT2D eigenvalue weighted by atomic mass is 19.4. The summed E-state index contributed by atoms with van der Waals surface area (Å²) in [5, 5.41) is 0. The third-order valence-electron chi connectivity index (χ3n) is 7.58. The molecular formula is C29H36F3N3O4. The zero-order valence-corrected chi connectivity index (χ0v) is 23.0. The summed E-state index contributed by atoms with van der Waals surface area (Å²) in [6, 6.07) is 12.6. The summed E-state index contributed by atoms with van der Waals surface area (Å²) in [6.45, 7) is 6.49. The molecule has 2 heterocycles. The first kappa shape index (κ1) is 28.7. The lowest BCUT2D eigenvalue weighted by Gasteiger charge is -2.42. The second kappa shape index (κ2) is 10.7. The molecule has 4 rings (SSSR count). The molecule has 2 amide bonds. The molecule has 1 atom stereocenters. The van der Waals surface area contributed by atoms with Crippen LogP contribution in [-0.2, 0) is 22.1 Å². The van der Waals surface area contributed by atoms with Crippen molar-refractivity contribution in [3.63, 3.8) is 0 Å². The molecular weight excluding hydrogens is 511 g/mol. The summed E-state index contributed by atoms with van der Waals surface area (Å²) >= 11 is 0. The van der Waals surface area contributed by atoms with Crippen LogP contribution < -0.4 is 4.74 Å². The van der Waals surface area contributed by atoms with Gasteiger partial charge in [-0.15, -0.1) is 0 Å². The molecule has 2 fully saturated rings. The van der Waals surface area contributed by atoms with E-state index in [0.717, 1.165) is 23.4 Å². The van der Waals surface area contributed by atoms with E-state index in [2.05, 4.69) is 0 Å². The average Bonchev–Trinajstić information content (AvgIpc) is 3.08. The number of benzene rings is 2. The maximum absolute atomic E-state index is 14.1. The van der Waals surface area contributed by atoms with Crippen molar-refractivity contribution in [1.29, 1.82) is 0 Å². The number of rotatable bonds is 5. The molecule has 0 saturated carbocycles. The first-order valence-corrected chi connectivity index (χ1v) is 13.1. The summed E-state index contributed by atoms with van der Waals surface area (Å²) in [4.78, 5) is 32.1. The second-order valence-corrected chi connectivity index (χ2v) is 11.2. The van der Waals surface area contributed by atoms with E-state index in [-0.39, 0.29) is 5.91 Å². The number of alkyl halides is 3. The standard InChI is InChI=1S/C29H36F3N3O4/c1-27(2,3)39-26(37)34-18-15-28(16-19-34)25(36)35(17-14-20-6-12-23(38-5)13-7-20)24(33(28)4)21-8-10-22(11-9-21)29(30,31)32/h6-13,24H,14-19H2,1-5H3/t24-/m0/s1. The van der Waals surface area contributed by atoms with Gasteiger partial charge in [0.25, 0.3) is 0 Å². The van der Waals surface area contributed by atoms with Gasteiger partial charge in [-0.2, -0.15) is 13.2 Å². The normalized spacial score (nSPS) is 20.0. The van der Waals surface area contributed by atoms with Crippen LogP contribution in [0.5, 0.6) is 5.75 Å². The fraction of sp³-hybridized carbons (Fsp3) is 0.517. The van der Waals surface area contributed by atoms with Crippen molar-refractivity contribution < 1.29 is 32.2 Å². The number of hydrogen-bond acceptors (Lipinski definition) is 5. The molecule has 0 aliphatic carbocycles. The van der Waals surface area contributed by atoms with E-state index in [4.69, 9.17) is 9.47 Å². The molecule has 2 saturated heterocycles. The third kappa shape index (κ3) is 6.00. The maximum atomic E-state index is 14.1. The minimum absolute atomic E-state index is 0.0766. The van der Waals surface area contributed by atoms with Crippen LogP contribution in [0.25, 0.3) is 0 Å². The van der Waals surface area contributed by atoms with Gasteiger partial charge >= 0.3 is 12.3 Å². The monoisotopic (exact) mass is 547 g/mol. The largest absolute Gasteiger partial charge is 0.497 e. The van der Waals surface area contributed by atoms with Gasteiger partial charge in [0.2, 0.25) is 5.91 Å². The summed E-state index contributed by atoms with van der Waals surface area (Å²) < 4.78 is 50.5. The molecule has 1 spiro atoms. The fourth-order valence-electron chi connectivity index (χ4n) is 5.44. The smallest absolute Gasteiger partial charge is 0.416 e. The van der Waals surface area contributed by atoms with Gasteiger partial charge in [-0.05, 0) is 82.5 Å². The number of halogens is 3. The molecule has 7 nitrogen and oxygen atoms in total. The van der Waals surface area contributed by atoms with Crippen molar-refractivity contribution >= 4 is 12.0 Å². The lowest BCUT2D eigenvalue weighted by Crippen LogP contribution is -2.56. The van der Waals surface area contributed by atoms with Crippen LogP contribution in [0.3, 0.4) is 0 Å². The fourth-order valence-corrected chi connectivity index (χ4v) is 5.44. The van der Waals surface area contributed by atoms with E-state index in [0.29, 0.717) is 44.5 Å². The zero-order valence-electron chi connectivity index (χ0n) is 23.0. The van der Waals surface area contributed by atoms with E-state index < -0.39 is 35.1 Å². The highest BCUT2D eigenvalue weighted by molar-refractivity contribution is 5.89. The molecule has 0 aromatic heterocycles. The van der Waals surface area contributed by atoms with Crippen molar-refractivity contribution in [2.75, 3.05) is 33.8 Å². The Bertz CT molecular complexity index is 1170. The molecule has 212 valence electrons. The first-order valence-electron chi connectivity index (χ1n) is 13.1. The summed E-state index contributed by atoms with van der Waals surface area (Å²) in [6.07, 6.45) is -4.03. The van der Waals surface area contributed by atoms with E-state index >= 15 is 0 Å². The Hall–Kier alpha value is -3.27. The number of methoxy groups -OCH3 is 1. The Morgan fingerprint density at radius 3 is 2.10 bits per heavy atom. The van der Waals surface area contributed by atoms with Crippen LogP contribution in [-0.4, -0.2) is 71.6 Å². The van der Waals surface area contributed by atoms with Gasteiger partial charge in [0.1, 0.15) is 23.1 Å². The number of ether oxygens (including phenoxy) is 2. The third-order valence-corrected chi connectivity index (χ3v) is 7.58. The SMILES string of the molecule is COc1ccc(CCN2C(=O)C3(CCN(C(=O)OC(C)(C)C)CC3)N(C)[C@@H]2c2ccc(C(F)(F)F)cc2)cc1. The van der Waals surface area contributed by atoms with Crippen molar-refractivity contribution in [1.82, 2.24) is 14.7 Å². The van der Waals surface area contributed by atoms with E-state index in [9.17, 15) is 22.8 Å². The number of carbonyl (C=O) groups is 2. The molecule has 39 heavy (non-hydrogen) atoms. The highest BCUT2D eigenvalue weighted by Gasteiger charge is 2.57. The van der Waals surface area contributed by atoms with E-state index in [1.54, 1.807) is 37.7 Å². The van der Waals surface area contributed by atoms with Crippen LogP contribution in [0.4, 0.5) is 18.0 Å². The minimum atomic E-state index is -4.44. The highest BCUT2D eigenvalue weighted by Crippen LogP contribution is 2.45. The quantitative estimate of drug-likeness (QED) is 0.495. The predicted molar refractivity (Wildman–Crippen MR) is 140 cm³/mol. The number of amides is 2. The molecule has 10 heteroatoms. The van der Waals surface area contributed by atoms with Crippen molar-refractivity contribution in [2.45, 2.75) is 63.5 Å². The number of likely N-dealkylation sites (N-methyl/N-ethyl adjacent to an activating group) is 1. The van der Waals surface area contributed by atoms with Crippen LogP contribution >= 0.6 is 0 Å². The van der Waals surface area contributed by atoms with E-state index in [1.165, 1.54) is 12.1 Å².